The lowest BCUT2D eigenvalue weighted by atomic mass is 9.88. The molecule has 1 aliphatic rings. The van der Waals surface area contributed by atoms with E-state index in [4.69, 9.17) is 16.9 Å². The maximum absolute atomic E-state index is 9.02. The second-order valence-electron chi connectivity index (χ2n) is 5.05. The minimum Gasteiger partial charge on any atom is -0.298 e. The highest BCUT2D eigenvalue weighted by atomic mass is 35.5. The molecule has 5 heteroatoms. The summed E-state index contributed by atoms with van der Waals surface area (Å²) in [5.41, 5.74) is 1.56. The molecule has 0 amide bonds. The first-order chi connectivity index (χ1) is 9.29. The van der Waals surface area contributed by atoms with Gasteiger partial charge in [-0.15, -0.1) is 0 Å². The summed E-state index contributed by atoms with van der Waals surface area (Å²) in [7, 11) is 0. The van der Waals surface area contributed by atoms with Crippen molar-refractivity contribution >= 4 is 22.8 Å². The summed E-state index contributed by atoms with van der Waals surface area (Å²) in [5.74, 6) is 1.46. The molecule has 2 heterocycles. The lowest BCUT2D eigenvalue weighted by Gasteiger charge is -2.21. The van der Waals surface area contributed by atoms with Crippen LogP contribution < -0.4 is 0 Å². The Hall–Kier alpha value is -1.60. The van der Waals surface area contributed by atoms with Gasteiger partial charge < -0.3 is 0 Å². The van der Waals surface area contributed by atoms with Crippen LogP contribution in [-0.4, -0.2) is 14.5 Å². The van der Waals surface area contributed by atoms with Gasteiger partial charge in [0.25, 0.3) is 0 Å². The highest BCUT2D eigenvalue weighted by molar-refractivity contribution is 6.31. The zero-order chi connectivity index (χ0) is 13.2. The number of aromatic nitrogens is 3. The number of nitrogens with zero attached hydrogens (tertiary/aromatic N) is 4. The van der Waals surface area contributed by atoms with Crippen LogP contribution in [0.1, 0.15) is 43.8 Å². The molecule has 0 aromatic carbocycles. The fraction of sp³-hybridized carbons (Fsp3) is 0.500. The van der Waals surface area contributed by atoms with E-state index >= 15 is 0 Å². The molecule has 3 rings (SSSR count). The minimum atomic E-state index is 0.303. The van der Waals surface area contributed by atoms with Crippen LogP contribution in [0.5, 0.6) is 0 Å². The number of hydrogen-bond donors (Lipinski definition) is 0. The van der Waals surface area contributed by atoms with Gasteiger partial charge in [0.05, 0.1) is 11.1 Å². The molecule has 0 unspecified atom stereocenters. The van der Waals surface area contributed by atoms with Crippen molar-refractivity contribution in [2.24, 2.45) is 0 Å². The smallest absolute Gasteiger partial charge is 0.161 e. The van der Waals surface area contributed by atoms with Crippen molar-refractivity contribution in [1.29, 1.82) is 5.26 Å². The predicted molar refractivity (Wildman–Crippen MR) is 74.0 cm³/mol. The van der Waals surface area contributed by atoms with Gasteiger partial charge in [-0.3, -0.25) is 4.57 Å². The zero-order valence-corrected chi connectivity index (χ0v) is 11.4. The Kier molecular flexibility index (Phi) is 3.39. The second-order valence-corrected chi connectivity index (χ2v) is 5.48. The number of pyridine rings is 1. The molecular weight excluding hydrogens is 260 g/mol. The van der Waals surface area contributed by atoms with Crippen molar-refractivity contribution in [3.8, 4) is 6.07 Å². The standard InChI is InChI=1S/C14H15ClN4/c15-11-8-12-14(17-9-11)19(7-6-16)13(18-12)10-4-2-1-3-5-10/h8-10H,1-5,7H2. The van der Waals surface area contributed by atoms with Crippen LogP contribution in [0.4, 0.5) is 0 Å². The molecule has 1 aliphatic carbocycles. The van der Waals surface area contributed by atoms with E-state index in [2.05, 4.69) is 16.0 Å². The quantitative estimate of drug-likeness (QED) is 0.840. The van der Waals surface area contributed by atoms with Gasteiger partial charge in [-0.05, 0) is 18.9 Å². The molecular formula is C14H15ClN4. The predicted octanol–water partition coefficient (Wildman–Crippen LogP) is 3.66. The Morgan fingerprint density at radius 1 is 1.37 bits per heavy atom. The molecule has 0 saturated heterocycles. The first kappa shape index (κ1) is 12.4. The number of nitriles is 1. The number of halogens is 1. The Morgan fingerprint density at radius 2 is 2.16 bits per heavy atom. The van der Waals surface area contributed by atoms with Crippen LogP contribution in [0.3, 0.4) is 0 Å². The molecule has 2 aromatic rings. The average Bonchev–Trinajstić information content (AvgIpc) is 2.78. The molecule has 1 fully saturated rings. The molecule has 0 aliphatic heterocycles. The van der Waals surface area contributed by atoms with Gasteiger partial charge in [0.2, 0.25) is 0 Å². The SMILES string of the molecule is N#CCn1c(C2CCCCC2)nc2cc(Cl)cnc21. The molecule has 4 nitrogen and oxygen atoms in total. The molecule has 98 valence electrons. The van der Waals surface area contributed by atoms with Crippen LogP contribution in [0.25, 0.3) is 11.2 Å². The van der Waals surface area contributed by atoms with Gasteiger partial charge in [0.15, 0.2) is 5.65 Å². The van der Waals surface area contributed by atoms with Crippen molar-refractivity contribution < 1.29 is 0 Å². The molecule has 0 radical (unpaired) electrons. The van der Waals surface area contributed by atoms with Gasteiger partial charge in [0.1, 0.15) is 17.9 Å². The maximum Gasteiger partial charge on any atom is 0.161 e. The fourth-order valence-electron chi connectivity index (χ4n) is 2.90. The maximum atomic E-state index is 9.02. The average molecular weight is 275 g/mol. The van der Waals surface area contributed by atoms with E-state index in [0.29, 0.717) is 17.5 Å². The largest absolute Gasteiger partial charge is 0.298 e. The summed E-state index contributed by atoms with van der Waals surface area (Å²) >= 11 is 5.97. The first-order valence-corrected chi connectivity index (χ1v) is 7.06. The van der Waals surface area contributed by atoms with E-state index in [9.17, 15) is 0 Å². The van der Waals surface area contributed by atoms with E-state index in [0.717, 1.165) is 29.8 Å². The topological polar surface area (TPSA) is 54.5 Å². The van der Waals surface area contributed by atoms with Crippen molar-refractivity contribution in [2.75, 3.05) is 0 Å². The van der Waals surface area contributed by atoms with Crippen LogP contribution >= 0.6 is 11.6 Å². The van der Waals surface area contributed by atoms with Crippen LogP contribution in [0.15, 0.2) is 12.3 Å². The molecule has 1 saturated carbocycles. The number of fused-ring (bicyclic) bond motifs is 1. The highest BCUT2D eigenvalue weighted by Gasteiger charge is 2.22. The molecule has 19 heavy (non-hydrogen) atoms. The minimum absolute atomic E-state index is 0.303. The Balaban J connectivity index is 2.11. The second kappa shape index (κ2) is 5.18. The highest BCUT2D eigenvalue weighted by Crippen LogP contribution is 2.33. The van der Waals surface area contributed by atoms with Crippen LogP contribution in [0.2, 0.25) is 5.02 Å². The van der Waals surface area contributed by atoms with E-state index in [-0.39, 0.29) is 0 Å². The van der Waals surface area contributed by atoms with Gasteiger partial charge in [-0.25, -0.2) is 9.97 Å². The third-order valence-corrected chi connectivity index (χ3v) is 3.99. The van der Waals surface area contributed by atoms with E-state index < -0.39 is 0 Å². The first-order valence-electron chi connectivity index (χ1n) is 6.68. The van der Waals surface area contributed by atoms with Crippen molar-refractivity contribution in [2.45, 2.75) is 44.6 Å². The monoisotopic (exact) mass is 274 g/mol. The van der Waals surface area contributed by atoms with Crippen molar-refractivity contribution in [1.82, 2.24) is 14.5 Å². The normalized spacial score (nSPS) is 16.6. The van der Waals surface area contributed by atoms with E-state index in [1.54, 1.807) is 6.20 Å². The van der Waals surface area contributed by atoms with Gasteiger partial charge in [0, 0.05) is 12.1 Å². The molecule has 0 atom stereocenters. The third kappa shape index (κ3) is 2.31. The third-order valence-electron chi connectivity index (χ3n) is 3.78. The zero-order valence-electron chi connectivity index (χ0n) is 10.6. The number of imidazole rings is 1. The number of rotatable bonds is 2. The van der Waals surface area contributed by atoms with Crippen LogP contribution in [0, 0.1) is 11.3 Å². The lowest BCUT2D eigenvalue weighted by Crippen LogP contribution is -2.12. The van der Waals surface area contributed by atoms with E-state index in [1.165, 1.54) is 19.3 Å². The summed E-state index contributed by atoms with van der Waals surface area (Å²) in [6.07, 6.45) is 7.72. The lowest BCUT2D eigenvalue weighted by molar-refractivity contribution is 0.420. The summed E-state index contributed by atoms with van der Waals surface area (Å²) in [6, 6.07) is 4.03. The van der Waals surface area contributed by atoms with Gasteiger partial charge >= 0.3 is 0 Å². The molecule has 2 aromatic heterocycles. The van der Waals surface area contributed by atoms with Crippen molar-refractivity contribution in [3.63, 3.8) is 0 Å². The van der Waals surface area contributed by atoms with Gasteiger partial charge in [-0.1, -0.05) is 30.9 Å². The molecule has 0 bridgehead atoms. The van der Waals surface area contributed by atoms with Gasteiger partial charge in [-0.2, -0.15) is 5.26 Å². The van der Waals surface area contributed by atoms with E-state index in [1.807, 2.05) is 10.6 Å². The molecule has 0 spiro atoms. The number of hydrogen-bond acceptors (Lipinski definition) is 3. The summed E-state index contributed by atoms with van der Waals surface area (Å²) < 4.78 is 1.95. The summed E-state index contributed by atoms with van der Waals surface area (Å²) in [5, 5.41) is 9.61. The Bertz CT molecular complexity index is 635. The fourth-order valence-corrected chi connectivity index (χ4v) is 3.06. The summed E-state index contributed by atoms with van der Waals surface area (Å²) in [6.45, 7) is 0.303. The Morgan fingerprint density at radius 3 is 2.89 bits per heavy atom. The Labute approximate surface area is 117 Å². The summed E-state index contributed by atoms with van der Waals surface area (Å²) in [4.78, 5) is 9.01. The van der Waals surface area contributed by atoms with Crippen LogP contribution in [-0.2, 0) is 6.54 Å². The molecule has 0 N–H and O–H groups in total. The van der Waals surface area contributed by atoms with Crippen molar-refractivity contribution in [3.05, 3.63) is 23.1 Å².